The largest absolute Gasteiger partial charge is 0.291 e. The zero-order valence-corrected chi connectivity index (χ0v) is 7.10. The normalized spacial score (nSPS) is 10.8. The second-order valence-corrected chi connectivity index (χ2v) is 2.85. The van der Waals surface area contributed by atoms with Gasteiger partial charge in [-0.1, -0.05) is 0 Å². The molecule has 0 aliphatic carbocycles. The highest BCUT2D eigenvalue weighted by atomic mass is 32.1. The average Bonchev–Trinajstić information content (AvgIpc) is 2.31. The molecule has 2 aromatic heterocycles. The van der Waals surface area contributed by atoms with Crippen molar-refractivity contribution in [1.29, 1.82) is 0 Å². The molecule has 12 heavy (non-hydrogen) atoms. The van der Waals surface area contributed by atoms with Crippen molar-refractivity contribution in [2.45, 2.75) is 6.92 Å². The Morgan fingerprint density at radius 3 is 3.17 bits per heavy atom. The number of hydrogen-bond donors (Lipinski definition) is 2. The zero-order chi connectivity index (χ0) is 8.72. The molecule has 0 aliphatic rings. The van der Waals surface area contributed by atoms with Crippen LogP contribution in [0.1, 0.15) is 5.69 Å². The molecule has 2 N–H and O–H groups in total. The lowest BCUT2D eigenvalue weighted by Crippen LogP contribution is -2.09. The molecule has 2 aromatic rings. The van der Waals surface area contributed by atoms with Crippen LogP contribution in [0.5, 0.6) is 0 Å². The summed E-state index contributed by atoms with van der Waals surface area (Å²) in [5, 5.41) is 6.42. The quantitative estimate of drug-likeness (QED) is 0.579. The van der Waals surface area contributed by atoms with Gasteiger partial charge in [-0.15, -0.1) is 5.10 Å². The Hall–Kier alpha value is -1.43. The van der Waals surface area contributed by atoms with Gasteiger partial charge in [0.2, 0.25) is 10.5 Å². The third-order valence-electron chi connectivity index (χ3n) is 1.60. The fraction of sp³-hybridized carbons (Fsp3) is 0.167. The van der Waals surface area contributed by atoms with E-state index < -0.39 is 0 Å². The first-order valence-electron chi connectivity index (χ1n) is 3.35. The molecule has 6 heteroatoms. The van der Waals surface area contributed by atoms with Crippen molar-refractivity contribution < 1.29 is 0 Å². The Morgan fingerprint density at radius 1 is 1.67 bits per heavy atom. The maximum Gasteiger partial charge on any atom is 0.252 e. The number of aromatic amines is 2. The van der Waals surface area contributed by atoms with Gasteiger partial charge in [0, 0.05) is 11.8 Å². The summed E-state index contributed by atoms with van der Waals surface area (Å²) >= 11 is 4.94. The molecule has 0 spiro atoms. The fourth-order valence-corrected chi connectivity index (χ4v) is 1.38. The first kappa shape index (κ1) is 7.23. The van der Waals surface area contributed by atoms with E-state index in [-0.39, 0.29) is 5.56 Å². The lowest BCUT2D eigenvalue weighted by atomic mass is 10.4. The second-order valence-electron chi connectivity index (χ2n) is 2.46. The van der Waals surface area contributed by atoms with E-state index in [1.807, 2.05) is 0 Å². The van der Waals surface area contributed by atoms with Crippen molar-refractivity contribution in [3.8, 4) is 0 Å². The first-order chi connectivity index (χ1) is 5.68. The Morgan fingerprint density at radius 2 is 2.42 bits per heavy atom. The zero-order valence-electron chi connectivity index (χ0n) is 6.29. The van der Waals surface area contributed by atoms with Crippen LogP contribution in [-0.4, -0.2) is 19.6 Å². The Bertz CT molecular complexity index is 534. The van der Waals surface area contributed by atoms with Crippen molar-refractivity contribution in [1.82, 2.24) is 19.6 Å². The van der Waals surface area contributed by atoms with Gasteiger partial charge in [-0.2, -0.15) is 0 Å². The van der Waals surface area contributed by atoms with Crippen molar-refractivity contribution in [3.05, 3.63) is 26.9 Å². The van der Waals surface area contributed by atoms with Crippen LogP contribution in [-0.2, 0) is 0 Å². The summed E-state index contributed by atoms with van der Waals surface area (Å²) in [6.07, 6.45) is 0. The number of nitrogens with one attached hydrogen (secondary N) is 2. The summed E-state index contributed by atoms with van der Waals surface area (Å²) in [7, 11) is 0. The highest BCUT2D eigenvalue weighted by Crippen LogP contribution is 1.97. The lowest BCUT2D eigenvalue weighted by molar-refractivity contribution is 1.00. The van der Waals surface area contributed by atoms with Crippen LogP contribution < -0.4 is 5.56 Å². The molecular formula is C6H6N4OS. The van der Waals surface area contributed by atoms with Crippen LogP contribution in [0.15, 0.2) is 10.9 Å². The van der Waals surface area contributed by atoms with Crippen LogP contribution in [0.4, 0.5) is 0 Å². The summed E-state index contributed by atoms with van der Waals surface area (Å²) in [6.45, 7) is 1.80. The molecule has 0 saturated heterocycles. The minimum Gasteiger partial charge on any atom is -0.291 e. The maximum absolute atomic E-state index is 11.0. The molecular weight excluding hydrogens is 176 g/mol. The summed E-state index contributed by atoms with van der Waals surface area (Å²) < 4.78 is 2.15. The molecule has 0 aromatic carbocycles. The Labute approximate surface area is 72.1 Å². The highest BCUT2D eigenvalue weighted by Gasteiger charge is 2.00. The van der Waals surface area contributed by atoms with Crippen LogP contribution >= 0.6 is 12.2 Å². The predicted molar refractivity (Wildman–Crippen MR) is 45.7 cm³/mol. The standard InChI is InChI=1S/C6H6N4OS/c1-3-2-4(11)7-5-8-9-6(12)10(3)5/h2H,1H3,(H,9,12)(H,7,8,11). The van der Waals surface area contributed by atoms with Crippen LogP contribution in [0.25, 0.3) is 5.78 Å². The molecule has 0 saturated carbocycles. The number of aromatic nitrogens is 4. The maximum atomic E-state index is 11.0. The van der Waals surface area contributed by atoms with E-state index in [0.29, 0.717) is 10.5 Å². The molecule has 2 rings (SSSR count). The van der Waals surface area contributed by atoms with Crippen molar-refractivity contribution in [3.63, 3.8) is 0 Å². The van der Waals surface area contributed by atoms with E-state index in [0.717, 1.165) is 5.69 Å². The van der Waals surface area contributed by atoms with Gasteiger partial charge < -0.3 is 0 Å². The molecule has 0 atom stereocenters. The van der Waals surface area contributed by atoms with Gasteiger partial charge in [0.25, 0.3) is 5.56 Å². The lowest BCUT2D eigenvalue weighted by Gasteiger charge is -1.94. The van der Waals surface area contributed by atoms with Gasteiger partial charge in [-0.25, -0.2) is 5.10 Å². The number of H-pyrrole nitrogens is 2. The number of fused-ring (bicyclic) bond motifs is 1. The van der Waals surface area contributed by atoms with E-state index in [1.165, 1.54) is 6.07 Å². The van der Waals surface area contributed by atoms with Gasteiger partial charge >= 0.3 is 0 Å². The topological polar surface area (TPSA) is 66.0 Å². The van der Waals surface area contributed by atoms with Crippen molar-refractivity contribution in [2.75, 3.05) is 0 Å². The number of nitrogens with zero attached hydrogens (tertiary/aromatic N) is 2. The number of rotatable bonds is 0. The van der Waals surface area contributed by atoms with Gasteiger partial charge in [-0.3, -0.25) is 14.2 Å². The van der Waals surface area contributed by atoms with E-state index in [2.05, 4.69) is 15.2 Å². The summed E-state index contributed by atoms with van der Waals surface area (Å²) in [4.78, 5) is 13.5. The molecule has 0 aliphatic heterocycles. The summed E-state index contributed by atoms with van der Waals surface area (Å²) in [5.41, 5.74) is 0.599. The van der Waals surface area contributed by atoms with Gasteiger partial charge in [0.1, 0.15) is 0 Å². The van der Waals surface area contributed by atoms with E-state index in [4.69, 9.17) is 12.2 Å². The number of hydrogen-bond acceptors (Lipinski definition) is 3. The van der Waals surface area contributed by atoms with Crippen LogP contribution in [0, 0.1) is 11.7 Å². The van der Waals surface area contributed by atoms with Crippen LogP contribution in [0.3, 0.4) is 0 Å². The highest BCUT2D eigenvalue weighted by molar-refractivity contribution is 7.71. The molecule has 0 bridgehead atoms. The third kappa shape index (κ3) is 0.884. The average molecular weight is 182 g/mol. The first-order valence-corrected chi connectivity index (χ1v) is 3.76. The van der Waals surface area contributed by atoms with Gasteiger partial charge in [-0.05, 0) is 19.1 Å². The second kappa shape index (κ2) is 2.28. The number of aryl methyl sites for hydroxylation is 1. The molecule has 0 unspecified atom stereocenters. The monoisotopic (exact) mass is 182 g/mol. The molecule has 2 heterocycles. The van der Waals surface area contributed by atoms with E-state index in [9.17, 15) is 4.79 Å². The van der Waals surface area contributed by atoms with Crippen molar-refractivity contribution in [2.24, 2.45) is 0 Å². The molecule has 0 radical (unpaired) electrons. The summed E-state index contributed by atoms with van der Waals surface area (Å²) in [6, 6.07) is 1.47. The van der Waals surface area contributed by atoms with Gasteiger partial charge in [0.15, 0.2) is 0 Å². The van der Waals surface area contributed by atoms with Gasteiger partial charge in [0.05, 0.1) is 0 Å². The Balaban J connectivity index is 3.13. The van der Waals surface area contributed by atoms with Crippen molar-refractivity contribution >= 4 is 18.0 Å². The van der Waals surface area contributed by atoms with Crippen LogP contribution in [0.2, 0.25) is 0 Å². The molecule has 62 valence electrons. The molecule has 0 amide bonds. The minimum atomic E-state index is -0.172. The molecule has 0 fully saturated rings. The van der Waals surface area contributed by atoms with E-state index >= 15 is 0 Å². The third-order valence-corrected chi connectivity index (χ3v) is 1.87. The molecule has 5 nitrogen and oxygen atoms in total. The Kier molecular flexibility index (Phi) is 1.37. The fourth-order valence-electron chi connectivity index (χ4n) is 1.11. The smallest absolute Gasteiger partial charge is 0.252 e. The predicted octanol–water partition coefficient (Wildman–Crippen LogP) is 0.389. The minimum absolute atomic E-state index is 0.172. The SMILES string of the molecule is Cc1cc(=O)[nH]c2n[nH]c(=S)n12. The summed E-state index contributed by atoms with van der Waals surface area (Å²) in [5.74, 6) is 0.449. The van der Waals surface area contributed by atoms with E-state index in [1.54, 1.807) is 11.3 Å².